The van der Waals surface area contributed by atoms with E-state index in [4.69, 9.17) is 0 Å². The number of benzene rings is 3. The van der Waals surface area contributed by atoms with Crippen molar-refractivity contribution in [1.29, 1.82) is 0 Å². The van der Waals surface area contributed by atoms with Crippen LogP contribution < -0.4 is 4.31 Å². The molecule has 0 radical (unpaired) electrons. The summed E-state index contributed by atoms with van der Waals surface area (Å²) in [4.78, 5) is 24.4. The van der Waals surface area contributed by atoms with E-state index in [9.17, 15) is 23.3 Å². The van der Waals surface area contributed by atoms with Crippen LogP contribution in [0.4, 0.5) is 11.4 Å². The molecule has 3 aromatic carbocycles. The van der Waals surface area contributed by atoms with E-state index < -0.39 is 20.9 Å². The zero-order valence-corrected chi connectivity index (χ0v) is 19.6. The number of sulfonamides is 1. The average molecular weight is 467 g/mol. The molecule has 0 spiro atoms. The third kappa shape index (κ3) is 5.12. The highest BCUT2D eigenvalue weighted by molar-refractivity contribution is 7.93. The van der Waals surface area contributed by atoms with Gasteiger partial charge in [-0.2, -0.15) is 4.31 Å². The Balaban J connectivity index is 2.15. The lowest BCUT2D eigenvalue weighted by Crippen LogP contribution is -2.37. The Hall–Kier alpha value is -3.52. The second-order valence-electron chi connectivity index (χ2n) is 7.86. The lowest BCUT2D eigenvalue weighted by Gasteiger charge is -2.24. The smallest absolute Gasteiger partial charge is 0.268 e. The normalized spacial score (nSPS) is 11.2. The molecule has 3 aromatic rings. The molecule has 0 N–H and O–H groups in total. The van der Waals surface area contributed by atoms with Gasteiger partial charge < -0.3 is 0 Å². The highest BCUT2D eigenvalue weighted by atomic mass is 32.2. The lowest BCUT2D eigenvalue weighted by atomic mass is 10.1. The molecule has 8 heteroatoms. The molecule has 0 fully saturated rings. The number of nitro groups is 1. The Morgan fingerprint density at radius 1 is 0.970 bits per heavy atom. The SMILES string of the molecule is CCCCc1ccc(N(C(=O)c2cccc([N+](=O)[O-])c2C)S(=O)(=O)c2ccc(C)cc2)cc1. The molecule has 0 aliphatic rings. The third-order valence-electron chi connectivity index (χ3n) is 5.47. The second kappa shape index (κ2) is 9.95. The predicted molar refractivity (Wildman–Crippen MR) is 128 cm³/mol. The molecule has 0 saturated carbocycles. The van der Waals surface area contributed by atoms with Gasteiger partial charge in [-0.1, -0.05) is 49.2 Å². The Labute approximate surface area is 193 Å². The molecular weight excluding hydrogens is 440 g/mol. The highest BCUT2D eigenvalue weighted by Crippen LogP contribution is 2.30. The Morgan fingerprint density at radius 3 is 2.18 bits per heavy atom. The Kier molecular flexibility index (Phi) is 7.28. The van der Waals surface area contributed by atoms with Gasteiger partial charge in [0.15, 0.2) is 0 Å². The topological polar surface area (TPSA) is 97.6 Å². The first kappa shape index (κ1) is 24.1. The van der Waals surface area contributed by atoms with Crippen LogP contribution in [0.25, 0.3) is 0 Å². The molecule has 7 nitrogen and oxygen atoms in total. The van der Waals surface area contributed by atoms with Gasteiger partial charge in [-0.05, 0) is 62.6 Å². The van der Waals surface area contributed by atoms with Crippen molar-refractivity contribution in [2.75, 3.05) is 4.31 Å². The van der Waals surface area contributed by atoms with E-state index in [0.717, 1.165) is 34.7 Å². The summed E-state index contributed by atoms with van der Waals surface area (Å²) in [7, 11) is -4.28. The van der Waals surface area contributed by atoms with Gasteiger partial charge in [0.25, 0.3) is 21.6 Å². The lowest BCUT2D eigenvalue weighted by molar-refractivity contribution is -0.385. The number of anilines is 1. The van der Waals surface area contributed by atoms with Crippen LogP contribution in [0, 0.1) is 24.0 Å². The van der Waals surface area contributed by atoms with E-state index in [0.29, 0.717) is 0 Å². The van der Waals surface area contributed by atoms with E-state index in [1.807, 2.05) is 6.92 Å². The molecule has 0 aliphatic heterocycles. The van der Waals surface area contributed by atoms with Gasteiger partial charge in [-0.15, -0.1) is 0 Å². The number of nitro benzene ring substituents is 1. The van der Waals surface area contributed by atoms with Crippen LogP contribution in [0.1, 0.15) is 46.8 Å². The Morgan fingerprint density at radius 2 is 1.61 bits per heavy atom. The summed E-state index contributed by atoms with van der Waals surface area (Å²) in [6, 6.07) is 17.1. The molecular formula is C25H26N2O5S. The summed E-state index contributed by atoms with van der Waals surface area (Å²) >= 11 is 0. The van der Waals surface area contributed by atoms with Crippen molar-refractivity contribution in [1.82, 2.24) is 0 Å². The fourth-order valence-electron chi connectivity index (χ4n) is 3.52. The minimum Gasteiger partial charge on any atom is -0.268 e. The van der Waals surface area contributed by atoms with Crippen LogP contribution in [0.2, 0.25) is 0 Å². The number of rotatable bonds is 8. The maximum absolute atomic E-state index is 13.6. The number of hydrogen-bond acceptors (Lipinski definition) is 5. The van der Waals surface area contributed by atoms with Crippen LogP contribution in [0.5, 0.6) is 0 Å². The summed E-state index contributed by atoms with van der Waals surface area (Å²) in [5.41, 5.74) is 1.90. The number of carbonyl (C=O) groups is 1. The third-order valence-corrected chi connectivity index (χ3v) is 7.19. The van der Waals surface area contributed by atoms with Gasteiger partial charge in [-0.3, -0.25) is 14.9 Å². The predicted octanol–water partition coefficient (Wildman–Crippen LogP) is 5.59. The summed E-state index contributed by atoms with van der Waals surface area (Å²) in [6.07, 6.45) is 2.87. The molecule has 33 heavy (non-hydrogen) atoms. The molecule has 0 unspecified atom stereocenters. The summed E-state index contributed by atoms with van der Waals surface area (Å²) in [5.74, 6) is -0.849. The largest absolute Gasteiger partial charge is 0.273 e. The van der Waals surface area contributed by atoms with E-state index in [2.05, 4.69) is 6.92 Å². The summed E-state index contributed by atoms with van der Waals surface area (Å²) in [6.45, 7) is 5.36. The fraction of sp³-hybridized carbons (Fsp3) is 0.240. The minimum atomic E-state index is -4.28. The standard InChI is InChI=1S/C25H26N2O5S/c1-4-5-7-20-12-14-21(15-13-20)26(33(31,32)22-16-10-18(2)11-17-22)25(28)23-8-6-9-24(19(23)3)27(29)30/h6,8-17H,4-5,7H2,1-3H3. The Bertz CT molecular complexity index is 1270. The molecule has 3 rings (SSSR count). The average Bonchev–Trinajstić information content (AvgIpc) is 2.78. The number of nitrogens with zero attached hydrogens (tertiary/aromatic N) is 2. The number of hydrogen-bond donors (Lipinski definition) is 0. The van der Waals surface area contributed by atoms with Crippen molar-refractivity contribution in [3.8, 4) is 0 Å². The molecule has 172 valence electrons. The molecule has 1 amide bonds. The molecule has 0 aromatic heterocycles. The van der Waals surface area contributed by atoms with Gasteiger partial charge in [0.1, 0.15) is 0 Å². The maximum Gasteiger partial charge on any atom is 0.273 e. The molecule has 0 atom stereocenters. The van der Waals surface area contributed by atoms with Crippen molar-refractivity contribution in [3.05, 3.63) is 99.1 Å². The number of carbonyl (C=O) groups excluding carboxylic acids is 1. The van der Waals surface area contributed by atoms with Crippen molar-refractivity contribution < 1.29 is 18.1 Å². The van der Waals surface area contributed by atoms with E-state index in [1.165, 1.54) is 37.3 Å². The van der Waals surface area contributed by atoms with Gasteiger partial charge >= 0.3 is 0 Å². The first-order valence-electron chi connectivity index (χ1n) is 10.7. The maximum atomic E-state index is 13.6. The number of unbranched alkanes of at least 4 members (excludes halogenated alkanes) is 1. The first-order valence-corrected chi connectivity index (χ1v) is 12.1. The molecule has 0 heterocycles. The van der Waals surface area contributed by atoms with Crippen molar-refractivity contribution in [2.24, 2.45) is 0 Å². The van der Waals surface area contributed by atoms with Crippen molar-refractivity contribution in [3.63, 3.8) is 0 Å². The molecule has 0 saturated heterocycles. The minimum absolute atomic E-state index is 0.0420. The number of aryl methyl sites for hydroxylation is 2. The van der Waals surface area contributed by atoms with Gasteiger partial charge in [-0.25, -0.2) is 8.42 Å². The van der Waals surface area contributed by atoms with Crippen LogP contribution in [-0.2, 0) is 16.4 Å². The quantitative estimate of drug-likeness (QED) is 0.318. The van der Waals surface area contributed by atoms with Crippen LogP contribution >= 0.6 is 0 Å². The van der Waals surface area contributed by atoms with Gasteiger partial charge in [0, 0.05) is 11.6 Å². The fourth-order valence-corrected chi connectivity index (χ4v) is 4.93. The van der Waals surface area contributed by atoms with E-state index in [1.54, 1.807) is 36.4 Å². The highest BCUT2D eigenvalue weighted by Gasteiger charge is 2.33. The van der Waals surface area contributed by atoms with Gasteiger partial charge in [0.2, 0.25) is 0 Å². The van der Waals surface area contributed by atoms with Crippen LogP contribution in [0.15, 0.2) is 71.6 Å². The van der Waals surface area contributed by atoms with E-state index >= 15 is 0 Å². The summed E-state index contributed by atoms with van der Waals surface area (Å²) < 4.78 is 28.0. The van der Waals surface area contributed by atoms with Crippen molar-refractivity contribution in [2.45, 2.75) is 44.9 Å². The first-order chi connectivity index (χ1) is 15.7. The molecule has 0 bridgehead atoms. The van der Waals surface area contributed by atoms with Crippen LogP contribution in [0.3, 0.4) is 0 Å². The van der Waals surface area contributed by atoms with Crippen molar-refractivity contribution >= 4 is 27.3 Å². The van der Waals surface area contributed by atoms with Gasteiger partial charge in [0.05, 0.1) is 21.1 Å². The zero-order valence-electron chi connectivity index (χ0n) is 18.8. The zero-order chi connectivity index (χ0) is 24.2. The summed E-state index contributed by atoms with van der Waals surface area (Å²) in [5, 5.41) is 11.4. The second-order valence-corrected chi connectivity index (χ2v) is 9.65. The number of amides is 1. The molecule has 0 aliphatic carbocycles. The van der Waals surface area contributed by atoms with E-state index in [-0.39, 0.29) is 27.4 Å². The monoisotopic (exact) mass is 466 g/mol. The van der Waals surface area contributed by atoms with Crippen LogP contribution in [-0.4, -0.2) is 19.2 Å².